The Morgan fingerprint density at radius 3 is 2.48 bits per heavy atom. The average Bonchev–Trinajstić information content (AvgIpc) is 2.59. The van der Waals surface area contributed by atoms with Crippen molar-refractivity contribution in [1.82, 2.24) is 0 Å². The SMILES string of the molecule is CCCCC/C=C\C=C\[C@H](O)C/C=C\C/C=C\CCCC(=O)OCC. The summed E-state index contributed by atoms with van der Waals surface area (Å²) < 4.78 is 4.87. The molecule has 0 radical (unpaired) electrons. The van der Waals surface area contributed by atoms with Crippen molar-refractivity contribution in [3.8, 4) is 0 Å². The van der Waals surface area contributed by atoms with Crippen molar-refractivity contribution in [2.45, 2.75) is 77.7 Å². The number of hydrogen-bond acceptors (Lipinski definition) is 3. The smallest absolute Gasteiger partial charge is 0.305 e. The van der Waals surface area contributed by atoms with Crippen LogP contribution in [-0.4, -0.2) is 23.8 Å². The monoisotopic (exact) mass is 348 g/mol. The van der Waals surface area contributed by atoms with Gasteiger partial charge in [-0.1, -0.05) is 68.4 Å². The van der Waals surface area contributed by atoms with Crippen LogP contribution in [0.5, 0.6) is 0 Å². The van der Waals surface area contributed by atoms with Crippen LogP contribution in [0.2, 0.25) is 0 Å². The molecule has 0 saturated carbocycles. The molecule has 0 saturated heterocycles. The Hall–Kier alpha value is -1.61. The number of ether oxygens (including phenoxy) is 1. The summed E-state index contributed by atoms with van der Waals surface area (Å²) in [6, 6.07) is 0. The molecule has 0 aliphatic heterocycles. The molecule has 0 rings (SSSR count). The van der Waals surface area contributed by atoms with E-state index in [1.54, 1.807) is 0 Å². The van der Waals surface area contributed by atoms with Gasteiger partial charge in [0.1, 0.15) is 0 Å². The maximum Gasteiger partial charge on any atom is 0.305 e. The Balaban J connectivity index is 3.62. The summed E-state index contributed by atoms with van der Waals surface area (Å²) in [5, 5.41) is 9.82. The zero-order valence-electron chi connectivity index (χ0n) is 16.0. The average molecular weight is 349 g/mol. The number of carbonyl (C=O) groups is 1. The third-order valence-corrected chi connectivity index (χ3v) is 3.59. The van der Waals surface area contributed by atoms with Gasteiger partial charge in [0.25, 0.3) is 0 Å². The van der Waals surface area contributed by atoms with Gasteiger partial charge in [-0.15, -0.1) is 0 Å². The van der Waals surface area contributed by atoms with Crippen molar-refractivity contribution in [2.75, 3.05) is 6.61 Å². The van der Waals surface area contributed by atoms with E-state index in [0.29, 0.717) is 19.4 Å². The summed E-state index contributed by atoms with van der Waals surface area (Å²) in [6.45, 7) is 4.48. The lowest BCUT2D eigenvalue weighted by atomic mass is 10.2. The normalized spacial score (nSPS) is 13.6. The molecule has 0 aromatic carbocycles. The highest BCUT2D eigenvalue weighted by Crippen LogP contribution is 2.02. The molecule has 0 aromatic rings. The van der Waals surface area contributed by atoms with Crippen molar-refractivity contribution in [1.29, 1.82) is 0 Å². The first kappa shape index (κ1) is 23.4. The minimum atomic E-state index is -0.426. The standard InChI is InChI=1S/C22H36O3/c1-3-5-6-7-9-12-15-18-21(23)19-16-13-10-8-11-14-17-20-22(24)25-4-2/h8-9,11-13,15-16,18,21,23H,3-7,10,14,17,19-20H2,1-2H3/b11-8-,12-9-,16-13-,18-15+/t21-/m0/s1. The summed E-state index contributed by atoms with van der Waals surface area (Å²) in [6.07, 6.45) is 24.3. The summed E-state index contributed by atoms with van der Waals surface area (Å²) in [5.41, 5.74) is 0. The fraction of sp³-hybridized carbons (Fsp3) is 0.591. The maximum absolute atomic E-state index is 11.1. The molecule has 3 nitrogen and oxygen atoms in total. The molecular weight excluding hydrogens is 312 g/mol. The van der Waals surface area contributed by atoms with Crippen molar-refractivity contribution in [3.05, 3.63) is 48.6 Å². The van der Waals surface area contributed by atoms with Crippen molar-refractivity contribution < 1.29 is 14.6 Å². The van der Waals surface area contributed by atoms with Gasteiger partial charge in [-0.25, -0.2) is 0 Å². The van der Waals surface area contributed by atoms with Crippen LogP contribution >= 0.6 is 0 Å². The number of hydrogen-bond donors (Lipinski definition) is 1. The number of aliphatic hydroxyl groups is 1. The van der Waals surface area contributed by atoms with E-state index in [0.717, 1.165) is 25.7 Å². The Labute approximate surface area is 154 Å². The molecule has 0 fully saturated rings. The lowest BCUT2D eigenvalue weighted by Gasteiger charge is -1.99. The highest BCUT2D eigenvalue weighted by Gasteiger charge is 1.98. The minimum Gasteiger partial charge on any atom is -0.466 e. The van der Waals surface area contributed by atoms with Crippen LogP contribution in [0.25, 0.3) is 0 Å². The number of unbranched alkanes of at least 4 members (excludes halogenated alkanes) is 4. The summed E-state index contributed by atoms with van der Waals surface area (Å²) >= 11 is 0. The second-order valence-electron chi connectivity index (χ2n) is 5.99. The van der Waals surface area contributed by atoms with Gasteiger partial charge in [0.2, 0.25) is 0 Å². The lowest BCUT2D eigenvalue weighted by molar-refractivity contribution is -0.143. The zero-order chi connectivity index (χ0) is 18.6. The van der Waals surface area contributed by atoms with Crippen LogP contribution < -0.4 is 0 Å². The summed E-state index contributed by atoms with van der Waals surface area (Å²) in [7, 11) is 0. The molecular formula is C22H36O3. The third kappa shape index (κ3) is 18.6. The second-order valence-corrected chi connectivity index (χ2v) is 5.99. The van der Waals surface area contributed by atoms with E-state index in [1.165, 1.54) is 19.3 Å². The van der Waals surface area contributed by atoms with Crippen LogP contribution in [0.15, 0.2) is 48.6 Å². The fourth-order valence-electron chi connectivity index (χ4n) is 2.18. The minimum absolute atomic E-state index is 0.117. The van der Waals surface area contributed by atoms with Crippen LogP contribution in [0.3, 0.4) is 0 Å². The molecule has 3 heteroatoms. The summed E-state index contributed by atoms with van der Waals surface area (Å²) in [5.74, 6) is -0.117. The third-order valence-electron chi connectivity index (χ3n) is 3.59. The van der Waals surface area contributed by atoms with E-state index in [1.807, 2.05) is 31.2 Å². The van der Waals surface area contributed by atoms with E-state index >= 15 is 0 Å². The topological polar surface area (TPSA) is 46.5 Å². The van der Waals surface area contributed by atoms with E-state index in [4.69, 9.17) is 4.74 Å². The van der Waals surface area contributed by atoms with Gasteiger partial charge in [-0.2, -0.15) is 0 Å². The fourth-order valence-corrected chi connectivity index (χ4v) is 2.18. The molecule has 0 aliphatic rings. The first-order valence-corrected chi connectivity index (χ1v) is 9.67. The van der Waals surface area contributed by atoms with Crippen LogP contribution in [0.1, 0.15) is 71.6 Å². The number of rotatable bonds is 15. The highest BCUT2D eigenvalue weighted by atomic mass is 16.5. The van der Waals surface area contributed by atoms with Crippen molar-refractivity contribution in [2.24, 2.45) is 0 Å². The lowest BCUT2D eigenvalue weighted by Crippen LogP contribution is -2.02. The van der Waals surface area contributed by atoms with E-state index < -0.39 is 6.10 Å². The Bertz CT molecular complexity index is 419. The Morgan fingerprint density at radius 1 is 0.960 bits per heavy atom. The molecule has 25 heavy (non-hydrogen) atoms. The molecule has 0 heterocycles. The first-order valence-electron chi connectivity index (χ1n) is 9.67. The van der Waals surface area contributed by atoms with Crippen LogP contribution in [0, 0.1) is 0 Å². The number of carbonyl (C=O) groups excluding carboxylic acids is 1. The van der Waals surface area contributed by atoms with Gasteiger partial charge in [0, 0.05) is 6.42 Å². The van der Waals surface area contributed by atoms with Gasteiger partial charge in [-0.3, -0.25) is 4.79 Å². The van der Waals surface area contributed by atoms with Gasteiger partial charge in [0.05, 0.1) is 12.7 Å². The predicted molar refractivity (Wildman–Crippen MR) is 106 cm³/mol. The van der Waals surface area contributed by atoms with E-state index in [9.17, 15) is 9.90 Å². The van der Waals surface area contributed by atoms with E-state index in [-0.39, 0.29) is 5.97 Å². The number of allylic oxidation sites excluding steroid dienone is 6. The molecule has 0 unspecified atom stereocenters. The summed E-state index contributed by atoms with van der Waals surface area (Å²) in [4.78, 5) is 11.1. The van der Waals surface area contributed by atoms with Crippen molar-refractivity contribution in [3.63, 3.8) is 0 Å². The Kier molecular flexibility index (Phi) is 17.5. The largest absolute Gasteiger partial charge is 0.466 e. The van der Waals surface area contributed by atoms with Gasteiger partial charge in [-0.05, 0) is 45.4 Å². The Morgan fingerprint density at radius 2 is 1.72 bits per heavy atom. The van der Waals surface area contributed by atoms with Crippen molar-refractivity contribution >= 4 is 5.97 Å². The predicted octanol–water partition coefficient (Wildman–Crippen LogP) is 5.67. The van der Waals surface area contributed by atoms with Gasteiger partial charge < -0.3 is 9.84 Å². The number of esters is 1. The maximum atomic E-state index is 11.1. The molecule has 0 amide bonds. The molecule has 1 N–H and O–H groups in total. The van der Waals surface area contributed by atoms with Crippen LogP contribution in [0.4, 0.5) is 0 Å². The quantitative estimate of drug-likeness (QED) is 0.180. The highest BCUT2D eigenvalue weighted by molar-refractivity contribution is 5.69. The zero-order valence-corrected chi connectivity index (χ0v) is 16.0. The first-order chi connectivity index (χ1) is 12.2. The molecule has 142 valence electrons. The molecule has 1 atom stereocenters. The second kappa shape index (κ2) is 18.7. The molecule has 0 bridgehead atoms. The van der Waals surface area contributed by atoms with Gasteiger partial charge >= 0.3 is 5.97 Å². The molecule has 0 aromatic heterocycles. The molecule has 0 aliphatic carbocycles. The van der Waals surface area contributed by atoms with Gasteiger partial charge in [0.15, 0.2) is 0 Å². The number of aliphatic hydroxyl groups excluding tert-OH is 1. The van der Waals surface area contributed by atoms with Crippen LogP contribution in [-0.2, 0) is 9.53 Å². The molecule has 0 spiro atoms. The van der Waals surface area contributed by atoms with E-state index in [2.05, 4.69) is 31.2 Å².